The molecule has 9 heteroatoms. The summed E-state index contributed by atoms with van der Waals surface area (Å²) in [6, 6.07) is -0.825. The lowest BCUT2D eigenvalue weighted by Crippen LogP contribution is -2.46. The third kappa shape index (κ3) is 7.46. The van der Waals surface area contributed by atoms with Crippen LogP contribution < -0.4 is 5.32 Å². The molecule has 1 aliphatic heterocycles. The number of nitrogens with one attached hydrogen (secondary N) is 1. The lowest BCUT2D eigenvalue weighted by Gasteiger charge is -2.30. The van der Waals surface area contributed by atoms with E-state index in [9.17, 15) is 14.4 Å². The number of carbonyl (C=O) groups excluding carboxylic acids is 3. The molecule has 0 unspecified atom stereocenters. The molecule has 0 radical (unpaired) electrons. The molecule has 1 aromatic rings. The summed E-state index contributed by atoms with van der Waals surface area (Å²) in [6.45, 7) is 11.3. The quantitative estimate of drug-likeness (QED) is 0.345. The van der Waals surface area contributed by atoms with Gasteiger partial charge in [-0.3, -0.25) is 14.4 Å². The molecular weight excluding hydrogens is 460 g/mol. The van der Waals surface area contributed by atoms with Crippen LogP contribution in [-0.2, 0) is 14.3 Å². The maximum Gasteiger partial charge on any atom is 0.296 e. The highest BCUT2D eigenvalue weighted by Gasteiger charge is 2.32. The van der Waals surface area contributed by atoms with Crippen molar-refractivity contribution in [2.45, 2.75) is 64.3 Å². The van der Waals surface area contributed by atoms with Gasteiger partial charge in [0.15, 0.2) is 0 Å². The second-order valence-corrected chi connectivity index (χ2v) is 9.45. The minimum absolute atomic E-state index is 0.0406. The first-order chi connectivity index (χ1) is 17.5. The van der Waals surface area contributed by atoms with Gasteiger partial charge < -0.3 is 19.5 Å². The predicted octanol–water partition coefficient (Wildman–Crippen LogP) is 3.74. The number of hydrogen-bond acceptors (Lipinski definition) is 7. The molecule has 2 heterocycles. The van der Waals surface area contributed by atoms with Gasteiger partial charge in [0.2, 0.25) is 23.4 Å². The first kappa shape index (κ1) is 27.5. The van der Waals surface area contributed by atoms with Crippen LogP contribution in [0.4, 0.5) is 0 Å². The number of hydrogen-bond donors (Lipinski definition) is 1. The van der Waals surface area contributed by atoms with Gasteiger partial charge in [0.25, 0.3) is 5.89 Å². The zero-order chi connectivity index (χ0) is 25.9. The fourth-order valence-electron chi connectivity index (χ4n) is 4.85. The van der Waals surface area contributed by atoms with E-state index in [0.717, 1.165) is 25.7 Å². The Labute approximate surface area is 213 Å². The summed E-state index contributed by atoms with van der Waals surface area (Å²) >= 11 is 0. The summed E-state index contributed by atoms with van der Waals surface area (Å²) in [5, 5.41) is 6.74. The number of aromatic nitrogens is 2. The lowest BCUT2D eigenvalue weighted by atomic mass is 9.81. The number of nitrogens with zero attached hydrogens (tertiary/aromatic N) is 3. The van der Waals surface area contributed by atoms with Gasteiger partial charge in [0.1, 0.15) is 0 Å². The maximum absolute atomic E-state index is 13.4. The summed E-state index contributed by atoms with van der Waals surface area (Å²) in [5.41, 5.74) is 0.569. The number of ether oxygens (including phenoxy) is 1. The second-order valence-electron chi connectivity index (χ2n) is 9.45. The molecule has 2 fully saturated rings. The van der Waals surface area contributed by atoms with E-state index >= 15 is 0 Å². The number of carbonyl (C=O) groups is 3. The van der Waals surface area contributed by atoms with Crippen LogP contribution in [-0.4, -0.2) is 65.0 Å². The fourth-order valence-corrected chi connectivity index (χ4v) is 4.85. The Bertz CT molecular complexity index is 957. The Kier molecular flexibility index (Phi) is 10.6. The van der Waals surface area contributed by atoms with Crippen molar-refractivity contribution in [3.8, 4) is 0 Å². The van der Waals surface area contributed by atoms with Gasteiger partial charge in [-0.15, -0.1) is 0 Å². The molecule has 196 valence electrons. The molecule has 1 N–H and O–H groups in total. The van der Waals surface area contributed by atoms with E-state index < -0.39 is 17.7 Å². The van der Waals surface area contributed by atoms with Gasteiger partial charge in [-0.1, -0.05) is 75.6 Å². The van der Waals surface area contributed by atoms with Crippen molar-refractivity contribution in [1.82, 2.24) is 20.4 Å². The molecule has 0 spiro atoms. The molecule has 1 saturated heterocycles. The zero-order valence-corrected chi connectivity index (χ0v) is 21.2. The largest absolute Gasteiger partial charge is 0.378 e. The second kappa shape index (κ2) is 13.9. The standard InChI is InChI=1S/C27H38N4O5/c1-4-10-20(5-2)25-29-27(36-30-25)24(33)22(6-3)28-26(34)21(17-19-11-8-7-9-12-19)18-23(32)31-13-15-35-16-14-31/h4-5,10,19,21-22H,1-2,6-9,11-18H2,3H3,(H,28,34)/b20-10+/t21-,22+/m1/s1. The van der Waals surface area contributed by atoms with Crippen molar-refractivity contribution in [1.29, 1.82) is 0 Å². The molecular formula is C27H38N4O5. The molecule has 1 aliphatic carbocycles. The van der Waals surface area contributed by atoms with E-state index in [1.54, 1.807) is 23.1 Å². The van der Waals surface area contributed by atoms with Crippen molar-refractivity contribution in [3.63, 3.8) is 0 Å². The molecule has 2 amide bonds. The minimum atomic E-state index is -0.825. The Morgan fingerprint density at radius 3 is 2.53 bits per heavy atom. The molecule has 9 nitrogen and oxygen atoms in total. The van der Waals surface area contributed by atoms with E-state index in [1.165, 1.54) is 6.42 Å². The van der Waals surface area contributed by atoms with Gasteiger partial charge in [-0.25, -0.2) is 0 Å². The molecule has 1 aromatic heterocycles. The summed E-state index contributed by atoms with van der Waals surface area (Å²) < 4.78 is 10.5. The van der Waals surface area contributed by atoms with E-state index in [0.29, 0.717) is 50.6 Å². The van der Waals surface area contributed by atoms with Gasteiger partial charge in [-0.05, 0) is 18.8 Å². The molecule has 2 aliphatic rings. The van der Waals surface area contributed by atoms with Crippen molar-refractivity contribution in [2.75, 3.05) is 26.3 Å². The number of Topliss-reactive ketones (excluding diaryl/α,β-unsaturated/α-hetero) is 1. The Morgan fingerprint density at radius 2 is 1.89 bits per heavy atom. The predicted molar refractivity (Wildman–Crippen MR) is 136 cm³/mol. The zero-order valence-electron chi connectivity index (χ0n) is 21.2. The molecule has 36 heavy (non-hydrogen) atoms. The van der Waals surface area contributed by atoms with Crippen LogP contribution in [0.2, 0.25) is 0 Å². The van der Waals surface area contributed by atoms with Gasteiger partial charge in [0, 0.05) is 31.0 Å². The smallest absolute Gasteiger partial charge is 0.296 e. The Balaban J connectivity index is 1.70. The molecule has 0 bridgehead atoms. The van der Waals surface area contributed by atoms with E-state index in [-0.39, 0.29) is 30.0 Å². The van der Waals surface area contributed by atoms with Crippen molar-refractivity contribution in [3.05, 3.63) is 43.1 Å². The summed E-state index contributed by atoms with van der Waals surface area (Å²) in [6.07, 6.45) is 11.6. The van der Waals surface area contributed by atoms with E-state index in [1.807, 2.05) is 6.92 Å². The Hall–Kier alpha value is -3.07. The van der Waals surface area contributed by atoms with E-state index in [2.05, 4.69) is 28.6 Å². The number of ketones is 1. The van der Waals surface area contributed by atoms with Gasteiger partial charge in [-0.2, -0.15) is 4.98 Å². The minimum Gasteiger partial charge on any atom is -0.378 e. The van der Waals surface area contributed by atoms with Crippen LogP contribution in [0.25, 0.3) is 5.57 Å². The topological polar surface area (TPSA) is 115 Å². The highest BCUT2D eigenvalue weighted by atomic mass is 16.5. The van der Waals surface area contributed by atoms with Gasteiger partial charge in [0.05, 0.1) is 19.3 Å². The van der Waals surface area contributed by atoms with Crippen molar-refractivity contribution >= 4 is 23.2 Å². The number of amides is 2. The molecule has 3 rings (SSSR count). The first-order valence-electron chi connectivity index (χ1n) is 13.0. The van der Waals surface area contributed by atoms with Crippen LogP contribution in [0, 0.1) is 11.8 Å². The number of rotatable bonds is 12. The molecule has 2 atom stereocenters. The Morgan fingerprint density at radius 1 is 1.17 bits per heavy atom. The average Bonchev–Trinajstić information content (AvgIpc) is 3.40. The number of morpholine rings is 1. The normalized spacial score (nSPS) is 18.8. The first-order valence-corrected chi connectivity index (χ1v) is 13.0. The summed E-state index contributed by atoms with van der Waals surface area (Å²) in [7, 11) is 0. The highest BCUT2D eigenvalue weighted by molar-refractivity contribution is 5.99. The molecule has 0 aromatic carbocycles. The maximum atomic E-state index is 13.4. The van der Waals surface area contributed by atoms with Crippen molar-refractivity contribution < 1.29 is 23.6 Å². The van der Waals surface area contributed by atoms with Gasteiger partial charge >= 0.3 is 0 Å². The highest BCUT2D eigenvalue weighted by Crippen LogP contribution is 2.31. The average molecular weight is 499 g/mol. The van der Waals surface area contributed by atoms with Crippen molar-refractivity contribution in [2.24, 2.45) is 11.8 Å². The third-order valence-corrected chi connectivity index (χ3v) is 6.95. The number of allylic oxidation sites excluding steroid dienone is 4. The fraction of sp³-hybridized carbons (Fsp3) is 0.593. The van der Waals surface area contributed by atoms with Crippen LogP contribution >= 0.6 is 0 Å². The summed E-state index contributed by atoms with van der Waals surface area (Å²) in [5.74, 6) is -0.811. The lowest BCUT2D eigenvalue weighted by molar-refractivity contribution is -0.140. The monoisotopic (exact) mass is 498 g/mol. The van der Waals surface area contributed by atoms with Crippen LogP contribution in [0.3, 0.4) is 0 Å². The van der Waals surface area contributed by atoms with Crippen LogP contribution in [0.1, 0.15) is 74.8 Å². The molecule has 1 saturated carbocycles. The third-order valence-electron chi connectivity index (χ3n) is 6.95. The van der Waals surface area contributed by atoms with Crippen LogP contribution in [0.5, 0.6) is 0 Å². The SMILES string of the molecule is C=C/C=C(\C=C)c1noc(C(=O)[C@H](CC)NC(=O)[C@@H](CC(=O)N2CCOCC2)CC2CCCCC2)n1. The summed E-state index contributed by atoms with van der Waals surface area (Å²) in [4.78, 5) is 45.5. The van der Waals surface area contributed by atoms with E-state index in [4.69, 9.17) is 9.26 Å². The van der Waals surface area contributed by atoms with Crippen LogP contribution in [0.15, 0.2) is 35.9 Å².